The first-order valence-corrected chi connectivity index (χ1v) is 7.68. The number of rotatable bonds is 4. The quantitative estimate of drug-likeness (QED) is 0.881. The summed E-state index contributed by atoms with van der Waals surface area (Å²) in [6.45, 7) is 1.89. The highest BCUT2D eigenvalue weighted by Crippen LogP contribution is 2.22. The van der Waals surface area contributed by atoms with Crippen LogP contribution in [0.2, 0.25) is 0 Å². The maximum atomic E-state index is 12.4. The predicted octanol–water partition coefficient (Wildman–Crippen LogP) is 2.77. The lowest BCUT2D eigenvalue weighted by molar-refractivity contribution is 0.413. The summed E-state index contributed by atoms with van der Waals surface area (Å²) >= 11 is 0. The van der Waals surface area contributed by atoms with Gasteiger partial charge in [0.05, 0.1) is 29.2 Å². The molecule has 0 radical (unpaired) electrons. The van der Waals surface area contributed by atoms with Crippen LogP contribution in [0.3, 0.4) is 0 Å². The molecular formula is C16H16N2O2S. The molecule has 2 aromatic rings. The van der Waals surface area contributed by atoms with Crippen LogP contribution >= 0.6 is 0 Å². The van der Waals surface area contributed by atoms with Gasteiger partial charge in [-0.25, -0.2) is 0 Å². The van der Waals surface area contributed by atoms with Gasteiger partial charge < -0.3 is 10.5 Å². The maximum absolute atomic E-state index is 12.4. The minimum absolute atomic E-state index is 0.366. The van der Waals surface area contributed by atoms with Gasteiger partial charge in [0.2, 0.25) is 0 Å². The van der Waals surface area contributed by atoms with Gasteiger partial charge in [-0.15, -0.1) is 0 Å². The van der Waals surface area contributed by atoms with Gasteiger partial charge in [-0.1, -0.05) is 6.07 Å². The van der Waals surface area contributed by atoms with E-state index in [-0.39, 0.29) is 0 Å². The third kappa shape index (κ3) is 3.41. The summed E-state index contributed by atoms with van der Waals surface area (Å²) in [4.78, 5) is 0.741. The Bertz CT molecular complexity index is 736. The summed E-state index contributed by atoms with van der Waals surface area (Å²) < 4.78 is 17.6. The molecule has 108 valence electrons. The lowest BCUT2D eigenvalue weighted by atomic mass is 10.1. The molecule has 0 heterocycles. The zero-order valence-electron chi connectivity index (χ0n) is 11.9. The Labute approximate surface area is 126 Å². The number of hydrogen-bond donors (Lipinski definition) is 1. The smallest absolute Gasteiger partial charge is 0.136 e. The number of aryl methyl sites for hydroxylation is 1. The topological polar surface area (TPSA) is 76.1 Å². The molecule has 0 aliphatic rings. The molecule has 2 aromatic carbocycles. The van der Waals surface area contributed by atoms with Crippen molar-refractivity contribution in [1.29, 1.82) is 5.26 Å². The van der Waals surface area contributed by atoms with Gasteiger partial charge in [0.1, 0.15) is 11.8 Å². The Balaban J connectivity index is 2.23. The molecule has 1 atom stereocenters. The number of ether oxygens (including phenoxy) is 1. The number of nitrogens with two attached hydrogens (primary N) is 1. The summed E-state index contributed by atoms with van der Waals surface area (Å²) in [7, 11) is 0.348. The van der Waals surface area contributed by atoms with Crippen LogP contribution in [0.15, 0.2) is 41.3 Å². The maximum Gasteiger partial charge on any atom is 0.136 e. The minimum Gasteiger partial charge on any atom is -0.495 e. The van der Waals surface area contributed by atoms with Crippen molar-refractivity contribution >= 4 is 16.5 Å². The molecule has 4 nitrogen and oxygen atoms in total. The van der Waals surface area contributed by atoms with E-state index < -0.39 is 10.8 Å². The lowest BCUT2D eigenvalue weighted by Crippen LogP contribution is -1.99. The highest BCUT2D eigenvalue weighted by molar-refractivity contribution is 7.84. The van der Waals surface area contributed by atoms with E-state index in [2.05, 4.69) is 6.07 Å². The monoisotopic (exact) mass is 300 g/mol. The van der Waals surface area contributed by atoms with E-state index in [1.165, 1.54) is 7.11 Å². The minimum atomic E-state index is -1.17. The third-order valence-electron chi connectivity index (χ3n) is 3.19. The molecule has 0 aromatic heterocycles. The molecule has 0 fully saturated rings. The van der Waals surface area contributed by atoms with Crippen LogP contribution in [0.4, 0.5) is 5.69 Å². The van der Waals surface area contributed by atoms with E-state index in [1.807, 2.05) is 13.0 Å². The van der Waals surface area contributed by atoms with Crippen molar-refractivity contribution < 1.29 is 8.95 Å². The number of nitrogen functional groups attached to an aromatic ring is 1. The van der Waals surface area contributed by atoms with Crippen molar-refractivity contribution in [3.05, 3.63) is 53.1 Å². The first kappa shape index (κ1) is 15.1. The first-order chi connectivity index (χ1) is 10.0. The van der Waals surface area contributed by atoms with Crippen molar-refractivity contribution in [2.24, 2.45) is 0 Å². The van der Waals surface area contributed by atoms with Crippen LogP contribution in [0.25, 0.3) is 0 Å². The second-order valence-electron chi connectivity index (χ2n) is 4.65. The van der Waals surface area contributed by atoms with Gasteiger partial charge in [-0.2, -0.15) is 5.26 Å². The average Bonchev–Trinajstić information content (AvgIpc) is 2.49. The van der Waals surface area contributed by atoms with Crippen LogP contribution in [-0.2, 0) is 16.6 Å². The molecule has 0 bridgehead atoms. The van der Waals surface area contributed by atoms with Crippen LogP contribution in [0.5, 0.6) is 5.75 Å². The van der Waals surface area contributed by atoms with Gasteiger partial charge in [0, 0.05) is 10.6 Å². The normalized spacial score (nSPS) is 11.7. The van der Waals surface area contributed by atoms with E-state index in [9.17, 15) is 4.21 Å². The van der Waals surface area contributed by atoms with Gasteiger partial charge in [-0.3, -0.25) is 4.21 Å². The van der Waals surface area contributed by atoms with Gasteiger partial charge in [0.25, 0.3) is 0 Å². The van der Waals surface area contributed by atoms with E-state index >= 15 is 0 Å². The van der Waals surface area contributed by atoms with Crippen molar-refractivity contribution in [3.8, 4) is 11.8 Å². The third-order valence-corrected chi connectivity index (χ3v) is 4.56. The van der Waals surface area contributed by atoms with E-state index in [1.54, 1.807) is 30.3 Å². The van der Waals surface area contributed by atoms with E-state index in [0.29, 0.717) is 22.8 Å². The fourth-order valence-electron chi connectivity index (χ4n) is 1.94. The molecule has 0 aliphatic carbocycles. The summed E-state index contributed by atoms with van der Waals surface area (Å²) in [5.74, 6) is 0.867. The zero-order valence-corrected chi connectivity index (χ0v) is 12.7. The SMILES string of the molecule is COc1cc(CS(=O)c2ccc(N)c(C)c2)ccc1C#N. The van der Waals surface area contributed by atoms with E-state index in [4.69, 9.17) is 15.7 Å². The Morgan fingerprint density at radius 3 is 2.67 bits per heavy atom. The number of anilines is 1. The molecule has 0 amide bonds. The summed E-state index contributed by atoms with van der Waals surface area (Å²) in [5, 5.41) is 8.96. The Morgan fingerprint density at radius 2 is 2.05 bits per heavy atom. The summed E-state index contributed by atoms with van der Waals surface area (Å²) in [5.41, 5.74) is 8.70. The second kappa shape index (κ2) is 6.42. The number of hydrogen-bond acceptors (Lipinski definition) is 4. The molecule has 0 saturated heterocycles. The molecule has 0 saturated carbocycles. The summed E-state index contributed by atoms with van der Waals surface area (Å²) in [6, 6.07) is 12.7. The molecular weight excluding hydrogens is 284 g/mol. The zero-order chi connectivity index (χ0) is 15.4. The first-order valence-electron chi connectivity index (χ1n) is 6.36. The Morgan fingerprint density at radius 1 is 1.29 bits per heavy atom. The lowest BCUT2D eigenvalue weighted by Gasteiger charge is -2.08. The Hall–Kier alpha value is -2.32. The van der Waals surface area contributed by atoms with Crippen LogP contribution < -0.4 is 10.5 Å². The number of nitriles is 1. The molecule has 2 rings (SSSR count). The van der Waals surface area contributed by atoms with Gasteiger partial charge >= 0.3 is 0 Å². The summed E-state index contributed by atoms with van der Waals surface area (Å²) in [6.07, 6.45) is 0. The standard InChI is InChI=1S/C16H16N2O2S/c1-11-7-14(5-6-15(11)18)21(19)10-12-3-4-13(9-17)16(8-12)20-2/h3-8H,10,18H2,1-2H3. The van der Waals surface area contributed by atoms with E-state index in [0.717, 1.165) is 16.0 Å². The molecule has 21 heavy (non-hydrogen) atoms. The van der Waals surface area contributed by atoms with Crippen molar-refractivity contribution in [3.63, 3.8) is 0 Å². The molecule has 2 N–H and O–H groups in total. The van der Waals surface area contributed by atoms with Crippen LogP contribution in [0.1, 0.15) is 16.7 Å². The Kier molecular flexibility index (Phi) is 4.61. The molecule has 1 unspecified atom stereocenters. The molecule has 0 aliphatic heterocycles. The van der Waals surface area contributed by atoms with Gasteiger partial charge in [-0.05, 0) is 48.4 Å². The number of benzene rings is 2. The van der Waals surface area contributed by atoms with Crippen molar-refractivity contribution in [2.75, 3.05) is 12.8 Å². The highest BCUT2D eigenvalue weighted by Gasteiger charge is 2.09. The van der Waals surface area contributed by atoms with Crippen LogP contribution in [-0.4, -0.2) is 11.3 Å². The number of nitrogens with zero attached hydrogens (tertiary/aromatic N) is 1. The van der Waals surface area contributed by atoms with Gasteiger partial charge in [0.15, 0.2) is 0 Å². The fourth-order valence-corrected chi connectivity index (χ4v) is 3.12. The second-order valence-corrected chi connectivity index (χ2v) is 6.11. The molecule has 0 spiro atoms. The van der Waals surface area contributed by atoms with Crippen LogP contribution in [0, 0.1) is 18.3 Å². The highest BCUT2D eigenvalue weighted by atomic mass is 32.2. The predicted molar refractivity (Wildman–Crippen MR) is 83.4 cm³/mol. The fraction of sp³-hybridized carbons (Fsp3) is 0.188. The van der Waals surface area contributed by atoms with Crippen molar-refractivity contribution in [2.45, 2.75) is 17.6 Å². The molecule has 5 heteroatoms. The largest absolute Gasteiger partial charge is 0.495 e. The number of methoxy groups -OCH3 is 1. The average molecular weight is 300 g/mol. The van der Waals surface area contributed by atoms with Crippen molar-refractivity contribution in [1.82, 2.24) is 0 Å².